The predicted molar refractivity (Wildman–Crippen MR) is 86.8 cm³/mol. The van der Waals surface area contributed by atoms with E-state index in [1.54, 1.807) is 25.3 Å². The zero-order valence-electron chi connectivity index (χ0n) is 12.5. The number of para-hydroxylation sites is 2. The SMILES string of the molecule is C=C(CC(O)c1ccccc1)C(=O)Nc1ccccc1OC. The fraction of sp³-hybridized carbons (Fsp3) is 0.167. The highest BCUT2D eigenvalue weighted by molar-refractivity contribution is 6.04. The van der Waals surface area contributed by atoms with Crippen molar-refractivity contribution >= 4 is 11.6 Å². The van der Waals surface area contributed by atoms with Crippen molar-refractivity contribution in [1.29, 1.82) is 0 Å². The molecule has 0 spiro atoms. The van der Waals surface area contributed by atoms with Crippen LogP contribution in [0.25, 0.3) is 0 Å². The van der Waals surface area contributed by atoms with Crippen LogP contribution in [0.2, 0.25) is 0 Å². The Labute approximate surface area is 130 Å². The molecule has 0 aliphatic carbocycles. The lowest BCUT2D eigenvalue weighted by atomic mass is 10.0. The quantitative estimate of drug-likeness (QED) is 0.804. The van der Waals surface area contributed by atoms with Gasteiger partial charge in [0, 0.05) is 12.0 Å². The molecular formula is C18H19NO3. The van der Waals surface area contributed by atoms with Crippen LogP contribution < -0.4 is 10.1 Å². The fourth-order valence-corrected chi connectivity index (χ4v) is 2.08. The minimum atomic E-state index is -0.753. The molecule has 22 heavy (non-hydrogen) atoms. The summed E-state index contributed by atoms with van der Waals surface area (Å²) < 4.78 is 5.18. The second-order valence-electron chi connectivity index (χ2n) is 4.89. The third kappa shape index (κ3) is 3.96. The topological polar surface area (TPSA) is 58.6 Å². The molecule has 2 N–H and O–H groups in total. The van der Waals surface area contributed by atoms with E-state index in [9.17, 15) is 9.90 Å². The van der Waals surface area contributed by atoms with Crippen molar-refractivity contribution < 1.29 is 14.6 Å². The first-order valence-corrected chi connectivity index (χ1v) is 6.97. The monoisotopic (exact) mass is 297 g/mol. The molecule has 0 fully saturated rings. The van der Waals surface area contributed by atoms with Gasteiger partial charge in [0.05, 0.1) is 18.9 Å². The Morgan fingerprint density at radius 2 is 1.82 bits per heavy atom. The molecule has 2 aromatic carbocycles. The van der Waals surface area contributed by atoms with Crippen LogP contribution in [0.4, 0.5) is 5.69 Å². The second-order valence-corrected chi connectivity index (χ2v) is 4.89. The first-order valence-electron chi connectivity index (χ1n) is 6.97. The summed E-state index contributed by atoms with van der Waals surface area (Å²) in [6.45, 7) is 3.76. The number of rotatable bonds is 6. The van der Waals surface area contributed by atoms with Gasteiger partial charge >= 0.3 is 0 Å². The van der Waals surface area contributed by atoms with Crippen LogP contribution in [0.1, 0.15) is 18.1 Å². The number of carbonyl (C=O) groups is 1. The van der Waals surface area contributed by atoms with E-state index >= 15 is 0 Å². The number of aliphatic hydroxyl groups is 1. The average Bonchev–Trinajstić information content (AvgIpc) is 2.56. The Morgan fingerprint density at radius 3 is 2.50 bits per heavy atom. The summed E-state index contributed by atoms with van der Waals surface area (Å²) in [4.78, 5) is 12.2. The zero-order chi connectivity index (χ0) is 15.9. The van der Waals surface area contributed by atoms with E-state index in [2.05, 4.69) is 11.9 Å². The molecule has 0 aliphatic heterocycles. The second kappa shape index (κ2) is 7.43. The van der Waals surface area contributed by atoms with Gasteiger partial charge in [0.25, 0.3) is 5.91 Å². The lowest BCUT2D eigenvalue weighted by Gasteiger charge is -2.14. The third-order valence-electron chi connectivity index (χ3n) is 3.30. The van der Waals surface area contributed by atoms with Gasteiger partial charge in [-0.1, -0.05) is 49.0 Å². The van der Waals surface area contributed by atoms with Crippen molar-refractivity contribution in [3.63, 3.8) is 0 Å². The van der Waals surface area contributed by atoms with Crippen molar-refractivity contribution in [2.45, 2.75) is 12.5 Å². The number of aliphatic hydroxyl groups excluding tert-OH is 1. The number of anilines is 1. The Balaban J connectivity index is 1.99. The summed E-state index contributed by atoms with van der Waals surface area (Å²) in [5, 5.41) is 12.9. The third-order valence-corrected chi connectivity index (χ3v) is 3.30. The van der Waals surface area contributed by atoms with E-state index in [1.165, 1.54) is 0 Å². The minimum Gasteiger partial charge on any atom is -0.495 e. The molecule has 0 aliphatic rings. The Kier molecular flexibility index (Phi) is 5.33. The predicted octanol–water partition coefficient (Wildman–Crippen LogP) is 3.31. The molecule has 2 rings (SSSR count). The van der Waals surface area contributed by atoms with Crippen molar-refractivity contribution in [2.24, 2.45) is 0 Å². The molecule has 0 heterocycles. The average molecular weight is 297 g/mol. The summed E-state index contributed by atoms with van der Waals surface area (Å²) >= 11 is 0. The molecule has 4 heteroatoms. The van der Waals surface area contributed by atoms with E-state index in [-0.39, 0.29) is 12.3 Å². The number of benzene rings is 2. The summed E-state index contributed by atoms with van der Waals surface area (Å²) in [6.07, 6.45) is -0.581. The number of methoxy groups -OCH3 is 1. The maximum Gasteiger partial charge on any atom is 0.251 e. The first kappa shape index (κ1) is 15.8. The fourth-order valence-electron chi connectivity index (χ4n) is 2.08. The van der Waals surface area contributed by atoms with Gasteiger partial charge in [-0.05, 0) is 17.7 Å². The van der Waals surface area contributed by atoms with E-state index in [1.807, 2.05) is 36.4 Å². The van der Waals surface area contributed by atoms with Gasteiger partial charge in [-0.15, -0.1) is 0 Å². The van der Waals surface area contributed by atoms with E-state index in [0.29, 0.717) is 17.0 Å². The van der Waals surface area contributed by atoms with Crippen molar-refractivity contribution in [3.8, 4) is 5.75 Å². The normalized spacial score (nSPS) is 11.5. The molecule has 1 atom stereocenters. The van der Waals surface area contributed by atoms with E-state index in [4.69, 9.17) is 4.74 Å². The molecule has 0 bridgehead atoms. The van der Waals surface area contributed by atoms with Crippen LogP contribution in [-0.2, 0) is 4.79 Å². The van der Waals surface area contributed by atoms with Crippen molar-refractivity contribution in [2.75, 3.05) is 12.4 Å². The first-order chi connectivity index (χ1) is 10.6. The molecule has 1 unspecified atom stereocenters. The van der Waals surface area contributed by atoms with Gasteiger partial charge in [0.2, 0.25) is 0 Å². The number of amides is 1. The van der Waals surface area contributed by atoms with Gasteiger partial charge in [0.15, 0.2) is 0 Å². The molecular weight excluding hydrogens is 278 g/mol. The van der Waals surface area contributed by atoms with Crippen molar-refractivity contribution in [3.05, 3.63) is 72.3 Å². The number of hydrogen-bond acceptors (Lipinski definition) is 3. The molecule has 0 aromatic heterocycles. The number of hydrogen-bond donors (Lipinski definition) is 2. The summed E-state index contributed by atoms with van der Waals surface area (Å²) in [6, 6.07) is 16.3. The van der Waals surface area contributed by atoms with Crippen LogP contribution in [-0.4, -0.2) is 18.1 Å². The van der Waals surface area contributed by atoms with E-state index < -0.39 is 6.10 Å². The molecule has 114 valence electrons. The standard InChI is InChI=1S/C18H19NO3/c1-13(12-16(20)14-8-4-3-5-9-14)18(21)19-15-10-6-7-11-17(15)22-2/h3-11,16,20H,1,12H2,2H3,(H,19,21). The summed E-state index contributed by atoms with van der Waals surface area (Å²) in [7, 11) is 1.54. The maximum atomic E-state index is 12.2. The highest BCUT2D eigenvalue weighted by atomic mass is 16.5. The maximum absolute atomic E-state index is 12.2. The van der Waals surface area contributed by atoms with Gasteiger partial charge < -0.3 is 15.2 Å². The molecule has 0 saturated heterocycles. The Morgan fingerprint density at radius 1 is 1.18 bits per heavy atom. The molecule has 4 nitrogen and oxygen atoms in total. The highest BCUT2D eigenvalue weighted by Crippen LogP contribution is 2.25. The van der Waals surface area contributed by atoms with Crippen molar-refractivity contribution in [1.82, 2.24) is 0 Å². The van der Waals surface area contributed by atoms with Gasteiger partial charge in [-0.3, -0.25) is 4.79 Å². The Hall–Kier alpha value is -2.59. The summed E-state index contributed by atoms with van der Waals surface area (Å²) in [5.41, 5.74) is 1.64. The molecule has 0 radical (unpaired) electrons. The van der Waals surface area contributed by atoms with Crippen LogP contribution in [0.5, 0.6) is 5.75 Å². The highest BCUT2D eigenvalue weighted by Gasteiger charge is 2.15. The largest absolute Gasteiger partial charge is 0.495 e. The molecule has 0 saturated carbocycles. The molecule has 2 aromatic rings. The van der Waals surface area contributed by atoms with Gasteiger partial charge in [-0.2, -0.15) is 0 Å². The number of ether oxygens (including phenoxy) is 1. The Bertz CT molecular complexity index is 652. The van der Waals surface area contributed by atoms with Crippen LogP contribution in [0.15, 0.2) is 66.7 Å². The van der Waals surface area contributed by atoms with Gasteiger partial charge in [0.1, 0.15) is 5.75 Å². The lowest BCUT2D eigenvalue weighted by molar-refractivity contribution is -0.113. The minimum absolute atomic E-state index is 0.172. The smallest absolute Gasteiger partial charge is 0.251 e. The zero-order valence-corrected chi connectivity index (χ0v) is 12.5. The van der Waals surface area contributed by atoms with Crippen LogP contribution >= 0.6 is 0 Å². The molecule has 1 amide bonds. The summed E-state index contributed by atoms with van der Waals surface area (Å²) in [5.74, 6) is 0.242. The van der Waals surface area contributed by atoms with Gasteiger partial charge in [-0.25, -0.2) is 0 Å². The van der Waals surface area contributed by atoms with E-state index in [0.717, 1.165) is 5.56 Å². The van der Waals surface area contributed by atoms with Crippen LogP contribution in [0, 0.1) is 0 Å². The van der Waals surface area contributed by atoms with Crippen LogP contribution in [0.3, 0.4) is 0 Å². The number of carbonyl (C=O) groups excluding carboxylic acids is 1. The number of nitrogens with one attached hydrogen (secondary N) is 1. The lowest BCUT2D eigenvalue weighted by Crippen LogP contribution is -2.16.